The lowest BCUT2D eigenvalue weighted by atomic mass is 10.1. The normalized spacial score (nSPS) is 13.1. The van der Waals surface area contributed by atoms with Gasteiger partial charge in [-0.3, -0.25) is 14.4 Å². The number of allylic oxidation sites excluding steroid dienone is 22. The topological polar surface area (TPSA) is 78.9 Å². The summed E-state index contributed by atoms with van der Waals surface area (Å²) in [6.07, 6.45) is 78.8. The van der Waals surface area contributed by atoms with E-state index in [-0.39, 0.29) is 37.5 Å². The van der Waals surface area contributed by atoms with E-state index >= 15 is 0 Å². The van der Waals surface area contributed by atoms with E-state index in [1.54, 1.807) is 0 Å². The van der Waals surface area contributed by atoms with Gasteiger partial charge in [0.2, 0.25) is 0 Å². The third kappa shape index (κ3) is 54.4. The molecule has 0 aliphatic carbocycles. The van der Waals surface area contributed by atoms with Crippen molar-refractivity contribution < 1.29 is 28.6 Å². The van der Waals surface area contributed by atoms with Crippen molar-refractivity contribution in [2.24, 2.45) is 0 Å². The van der Waals surface area contributed by atoms with Gasteiger partial charge in [-0.25, -0.2) is 0 Å². The number of esters is 3. The Morgan fingerprint density at radius 3 is 1.03 bits per heavy atom. The molecule has 1 atom stereocenters. The molecule has 0 radical (unpaired) electrons. The van der Waals surface area contributed by atoms with Gasteiger partial charge in [-0.15, -0.1) is 0 Å². The Balaban J connectivity index is 4.47. The first-order valence-corrected chi connectivity index (χ1v) is 27.8. The molecule has 0 rings (SSSR count). The van der Waals surface area contributed by atoms with Crippen molar-refractivity contribution in [2.75, 3.05) is 13.2 Å². The van der Waals surface area contributed by atoms with Gasteiger partial charge in [-0.1, -0.05) is 244 Å². The van der Waals surface area contributed by atoms with Gasteiger partial charge < -0.3 is 14.2 Å². The van der Waals surface area contributed by atoms with E-state index in [2.05, 4.69) is 99.8 Å². The maximum absolute atomic E-state index is 12.9. The molecule has 0 saturated carbocycles. The number of carbonyl (C=O) groups is 3. The van der Waals surface area contributed by atoms with Gasteiger partial charge in [0.05, 0.1) is 0 Å². The average molecular weight is 953 g/mol. The van der Waals surface area contributed by atoms with Crippen molar-refractivity contribution in [3.63, 3.8) is 0 Å². The van der Waals surface area contributed by atoms with Crippen LogP contribution in [0.3, 0.4) is 0 Å². The first-order valence-electron chi connectivity index (χ1n) is 27.8. The van der Waals surface area contributed by atoms with Crippen molar-refractivity contribution in [3.05, 3.63) is 134 Å². The molecule has 0 aromatic carbocycles. The van der Waals surface area contributed by atoms with Crippen LogP contribution in [-0.2, 0) is 28.6 Å². The van der Waals surface area contributed by atoms with Gasteiger partial charge in [0, 0.05) is 19.3 Å². The minimum Gasteiger partial charge on any atom is -0.462 e. The van der Waals surface area contributed by atoms with Gasteiger partial charge in [0.15, 0.2) is 6.10 Å². The summed E-state index contributed by atoms with van der Waals surface area (Å²) in [6.45, 7) is 6.20. The average Bonchev–Trinajstić information content (AvgIpc) is 3.35. The Hall–Kier alpha value is -4.45. The van der Waals surface area contributed by atoms with E-state index in [1.807, 2.05) is 54.7 Å². The first kappa shape index (κ1) is 64.5. The molecule has 0 aliphatic rings. The molecule has 0 bridgehead atoms. The molecule has 0 aromatic rings. The van der Waals surface area contributed by atoms with Crippen LogP contribution in [0, 0.1) is 0 Å². The second kappa shape index (κ2) is 56.1. The van der Waals surface area contributed by atoms with Gasteiger partial charge in [0.1, 0.15) is 13.2 Å². The predicted octanol–water partition coefficient (Wildman–Crippen LogP) is 18.6. The summed E-state index contributed by atoms with van der Waals surface area (Å²) >= 11 is 0. The molecule has 6 heteroatoms. The molecule has 69 heavy (non-hydrogen) atoms. The van der Waals surface area contributed by atoms with Gasteiger partial charge in [-0.2, -0.15) is 0 Å². The number of rotatable bonds is 48. The van der Waals surface area contributed by atoms with E-state index in [0.29, 0.717) is 19.3 Å². The summed E-state index contributed by atoms with van der Waals surface area (Å²) in [5.41, 5.74) is 0. The summed E-state index contributed by atoms with van der Waals surface area (Å²) in [4.78, 5) is 38.1. The van der Waals surface area contributed by atoms with Crippen LogP contribution in [0.1, 0.15) is 226 Å². The van der Waals surface area contributed by atoms with E-state index in [0.717, 1.165) is 103 Å². The minimum atomic E-state index is -0.817. The zero-order valence-corrected chi connectivity index (χ0v) is 44.3. The summed E-state index contributed by atoms with van der Waals surface area (Å²) in [5.74, 6) is -1.00. The Morgan fingerprint density at radius 2 is 0.609 bits per heavy atom. The fourth-order valence-corrected chi connectivity index (χ4v) is 7.21. The van der Waals surface area contributed by atoms with Crippen LogP contribution in [0.2, 0.25) is 0 Å². The van der Waals surface area contributed by atoms with Crippen molar-refractivity contribution in [3.8, 4) is 0 Å². The quantitative estimate of drug-likeness (QED) is 0.0199. The Bertz CT molecular complexity index is 1510. The highest BCUT2D eigenvalue weighted by atomic mass is 16.6. The SMILES string of the molecule is CC\C=C/C=C\C=C/C=C\C=C/CCCC(=O)OCC(COC(=O)CCCCCCCCCCC/C=C\C/C=C\C/C=C\CC)OC(=O)CCCCCCCCCCC/C=C\C/C=C\C/C=C\CC. The number of unbranched alkanes of at least 4 members (excludes halogenated alkanes) is 19. The van der Waals surface area contributed by atoms with E-state index < -0.39 is 6.10 Å². The van der Waals surface area contributed by atoms with Gasteiger partial charge in [-0.05, 0) is 96.3 Å². The monoisotopic (exact) mass is 953 g/mol. The smallest absolute Gasteiger partial charge is 0.306 e. The molecule has 0 N–H and O–H groups in total. The molecule has 0 amide bonds. The highest BCUT2D eigenvalue weighted by molar-refractivity contribution is 5.71. The molecule has 0 fully saturated rings. The Labute approximate surface area is 424 Å². The van der Waals surface area contributed by atoms with Gasteiger partial charge in [0.25, 0.3) is 0 Å². The molecule has 6 nitrogen and oxygen atoms in total. The lowest BCUT2D eigenvalue weighted by molar-refractivity contribution is -0.167. The van der Waals surface area contributed by atoms with Crippen molar-refractivity contribution >= 4 is 17.9 Å². The largest absolute Gasteiger partial charge is 0.462 e. The van der Waals surface area contributed by atoms with E-state index in [1.165, 1.54) is 77.0 Å². The maximum Gasteiger partial charge on any atom is 0.306 e. The third-order valence-electron chi connectivity index (χ3n) is 11.3. The van der Waals surface area contributed by atoms with Crippen LogP contribution in [0.5, 0.6) is 0 Å². The molecule has 0 heterocycles. The van der Waals surface area contributed by atoms with Crippen LogP contribution >= 0.6 is 0 Å². The molecule has 0 aromatic heterocycles. The molecule has 0 saturated heterocycles. The maximum atomic E-state index is 12.9. The lowest BCUT2D eigenvalue weighted by Crippen LogP contribution is -2.30. The predicted molar refractivity (Wildman–Crippen MR) is 297 cm³/mol. The van der Waals surface area contributed by atoms with Crippen molar-refractivity contribution in [1.82, 2.24) is 0 Å². The molecular formula is C63H100O6. The molecular weight excluding hydrogens is 853 g/mol. The number of carbonyl (C=O) groups excluding carboxylic acids is 3. The molecule has 0 aliphatic heterocycles. The van der Waals surface area contributed by atoms with Crippen molar-refractivity contribution in [2.45, 2.75) is 232 Å². The standard InChI is InChI=1S/C63H100O6/c1-4-7-10-13-16-19-22-25-27-29-31-33-35-38-41-44-47-50-53-56-62(65)68-59-60(58-67-61(64)55-52-49-46-43-40-37-24-21-18-15-12-9-6-3)69-63(66)57-54-51-48-45-42-39-36-34-32-30-28-26-23-20-17-14-11-8-5-2/h7-12,15-21,24-28,37,40,43,46,60H,4-6,13-14,22-23,29-36,38-39,41-42,44-45,47-59H2,1-3H3/b10-7-,11-8-,12-9-,18-15-,19-16-,20-17-,24-21-,27-25-,28-26-,40-37-,46-43-. The third-order valence-corrected chi connectivity index (χ3v) is 11.3. The highest BCUT2D eigenvalue weighted by Gasteiger charge is 2.19. The first-order chi connectivity index (χ1) is 34.0. The zero-order valence-electron chi connectivity index (χ0n) is 44.3. The fourth-order valence-electron chi connectivity index (χ4n) is 7.21. The van der Waals surface area contributed by atoms with Gasteiger partial charge >= 0.3 is 17.9 Å². The van der Waals surface area contributed by atoms with Crippen LogP contribution in [0.4, 0.5) is 0 Å². The second-order valence-corrected chi connectivity index (χ2v) is 17.8. The summed E-state index contributed by atoms with van der Waals surface area (Å²) in [7, 11) is 0. The summed E-state index contributed by atoms with van der Waals surface area (Å²) < 4.78 is 16.8. The van der Waals surface area contributed by atoms with Crippen LogP contribution in [0.15, 0.2) is 134 Å². The molecule has 0 spiro atoms. The minimum absolute atomic E-state index is 0.110. The van der Waals surface area contributed by atoms with Crippen molar-refractivity contribution in [1.29, 1.82) is 0 Å². The molecule has 388 valence electrons. The van der Waals surface area contributed by atoms with Crippen LogP contribution < -0.4 is 0 Å². The summed E-state index contributed by atoms with van der Waals surface area (Å²) in [5, 5.41) is 0. The highest BCUT2D eigenvalue weighted by Crippen LogP contribution is 2.15. The van der Waals surface area contributed by atoms with E-state index in [4.69, 9.17) is 14.2 Å². The van der Waals surface area contributed by atoms with Crippen LogP contribution in [0.25, 0.3) is 0 Å². The fraction of sp³-hybridized carbons (Fsp3) is 0.603. The molecule has 1 unspecified atom stereocenters. The number of hydrogen-bond donors (Lipinski definition) is 0. The second-order valence-electron chi connectivity index (χ2n) is 17.8. The Kier molecular flexibility index (Phi) is 52.5. The zero-order chi connectivity index (χ0) is 50.0. The lowest BCUT2D eigenvalue weighted by Gasteiger charge is -2.18. The Morgan fingerprint density at radius 1 is 0.304 bits per heavy atom. The number of hydrogen-bond acceptors (Lipinski definition) is 6. The van der Waals surface area contributed by atoms with E-state index in [9.17, 15) is 14.4 Å². The summed E-state index contributed by atoms with van der Waals surface area (Å²) in [6, 6.07) is 0. The number of ether oxygens (including phenoxy) is 3. The van der Waals surface area contributed by atoms with Crippen LogP contribution in [-0.4, -0.2) is 37.2 Å².